The number of nitrogens with one attached hydrogen (secondary N) is 3. The first-order valence-electron chi connectivity index (χ1n) is 11.6. The van der Waals surface area contributed by atoms with E-state index in [0.29, 0.717) is 49.4 Å². The van der Waals surface area contributed by atoms with Crippen molar-refractivity contribution in [1.82, 2.24) is 25.1 Å². The summed E-state index contributed by atoms with van der Waals surface area (Å²) in [6, 6.07) is 9.49. The number of nitrogens with zero attached hydrogens (tertiary/aromatic N) is 5. The van der Waals surface area contributed by atoms with Gasteiger partial charge < -0.3 is 20.4 Å². The Balaban J connectivity index is 1.61. The first-order valence-corrected chi connectivity index (χ1v) is 12.4. The molecule has 1 fully saturated rings. The molecule has 2 amide bonds. The molecule has 1 saturated heterocycles. The molecule has 0 atom stereocenters. The van der Waals surface area contributed by atoms with Crippen LogP contribution in [0.25, 0.3) is 0 Å². The number of piperazine rings is 1. The van der Waals surface area contributed by atoms with E-state index in [1.54, 1.807) is 0 Å². The van der Waals surface area contributed by atoms with Crippen LogP contribution >= 0.6 is 11.8 Å². The number of aromatic amines is 1. The van der Waals surface area contributed by atoms with Gasteiger partial charge >= 0.3 is 0 Å². The lowest BCUT2D eigenvalue weighted by Crippen LogP contribution is -2.49. The molecule has 184 valence electrons. The predicted octanol–water partition coefficient (Wildman–Crippen LogP) is 3.73. The maximum absolute atomic E-state index is 12.1. The van der Waals surface area contributed by atoms with Crippen LogP contribution in [0.2, 0.25) is 0 Å². The largest absolute Gasteiger partial charge is 0.353 e. The van der Waals surface area contributed by atoms with Gasteiger partial charge in [0.2, 0.25) is 11.8 Å². The highest BCUT2D eigenvalue weighted by Gasteiger charge is 2.24. The lowest BCUT2D eigenvalue weighted by Gasteiger charge is -2.36. The topological polar surface area (TPSA) is 119 Å². The van der Waals surface area contributed by atoms with Crippen LogP contribution in [0.3, 0.4) is 0 Å². The fourth-order valence-corrected chi connectivity index (χ4v) is 4.62. The zero-order valence-corrected chi connectivity index (χ0v) is 21.2. The molecular formula is C24H30N8O2S. The molecule has 0 unspecified atom stereocenters. The van der Waals surface area contributed by atoms with Gasteiger partial charge in [-0.3, -0.25) is 14.7 Å². The van der Waals surface area contributed by atoms with Gasteiger partial charge in [0.05, 0.1) is 0 Å². The Bertz CT molecular complexity index is 1200. The molecular weight excluding hydrogens is 464 g/mol. The summed E-state index contributed by atoms with van der Waals surface area (Å²) in [6.45, 7) is 10.1. The van der Waals surface area contributed by atoms with Crippen molar-refractivity contribution < 1.29 is 9.59 Å². The quantitative estimate of drug-likeness (QED) is 0.425. The van der Waals surface area contributed by atoms with E-state index in [-0.39, 0.29) is 11.8 Å². The van der Waals surface area contributed by atoms with Gasteiger partial charge in [0.1, 0.15) is 11.6 Å². The second-order valence-corrected chi connectivity index (χ2v) is 9.43. The van der Waals surface area contributed by atoms with Crippen LogP contribution in [0, 0.1) is 13.8 Å². The lowest BCUT2D eigenvalue weighted by molar-refractivity contribution is -0.131. The molecule has 11 heteroatoms. The summed E-state index contributed by atoms with van der Waals surface area (Å²) in [7, 11) is 0. The summed E-state index contributed by atoms with van der Waals surface area (Å²) in [5.74, 6) is 2.28. The summed E-state index contributed by atoms with van der Waals surface area (Å²) in [4.78, 5) is 38.2. The molecule has 0 spiro atoms. The van der Waals surface area contributed by atoms with Gasteiger partial charge in [0.15, 0.2) is 11.0 Å². The number of anilines is 4. The third kappa shape index (κ3) is 6.10. The molecule has 1 aliphatic heterocycles. The zero-order valence-electron chi connectivity index (χ0n) is 20.4. The maximum atomic E-state index is 12.1. The third-order valence-electron chi connectivity index (χ3n) is 5.67. The Morgan fingerprint density at radius 1 is 1.09 bits per heavy atom. The van der Waals surface area contributed by atoms with Crippen LogP contribution in [0.5, 0.6) is 0 Å². The van der Waals surface area contributed by atoms with Crippen molar-refractivity contribution in [3.63, 3.8) is 0 Å². The van der Waals surface area contributed by atoms with Crippen molar-refractivity contribution in [3.05, 3.63) is 41.6 Å². The van der Waals surface area contributed by atoms with Crippen molar-refractivity contribution in [2.24, 2.45) is 0 Å². The highest BCUT2D eigenvalue weighted by molar-refractivity contribution is 7.99. The molecule has 0 radical (unpaired) electrons. The first kappa shape index (κ1) is 24.5. The summed E-state index contributed by atoms with van der Waals surface area (Å²) in [5, 5.41) is 13.9. The molecule has 1 aliphatic rings. The van der Waals surface area contributed by atoms with E-state index in [1.165, 1.54) is 18.7 Å². The van der Waals surface area contributed by atoms with Gasteiger partial charge in [-0.1, -0.05) is 6.92 Å². The Labute approximate surface area is 208 Å². The first-order chi connectivity index (χ1) is 16.8. The number of aromatic nitrogens is 4. The van der Waals surface area contributed by atoms with E-state index < -0.39 is 0 Å². The molecule has 3 N–H and O–H groups in total. The Morgan fingerprint density at radius 2 is 1.80 bits per heavy atom. The smallest absolute Gasteiger partial charge is 0.222 e. The SMILES string of the molecule is CCC(=O)N1CCN(c2nc(Sc3ccc(NC(C)=O)cc3)nc(Nc3cc(C)[nH]n3)c2C)CC1. The van der Waals surface area contributed by atoms with Gasteiger partial charge in [-0.2, -0.15) is 5.10 Å². The molecule has 3 heterocycles. The zero-order chi connectivity index (χ0) is 24.9. The molecule has 1 aromatic carbocycles. The van der Waals surface area contributed by atoms with Gasteiger partial charge in [-0.05, 0) is 49.9 Å². The number of H-pyrrole nitrogens is 1. The van der Waals surface area contributed by atoms with Crippen molar-refractivity contribution >= 4 is 46.7 Å². The van der Waals surface area contributed by atoms with Gasteiger partial charge in [0.25, 0.3) is 0 Å². The van der Waals surface area contributed by atoms with Gasteiger partial charge in [-0.25, -0.2) is 9.97 Å². The summed E-state index contributed by atoms with van der Waals surface area (Å²) in [6.07, 6.45) is 0.519. The molecule has 0 aliphatic carbocycles. The molecule has 10 nitrogen and oxygen atoms in total. The maximum Gasteiger partial charge on any atom is 0.222 e. The number of hydrogen-bond acceptors (Lipinski definition) is 8. The van der Waals surface area contributed by atoms with E-state index >= 15 is 0 Å². The second-order valence-electron chi connectivity index (χ2n) is 8.39. The average Bonchev–Trinajstić information content (AvgIpc) is 3.26. The Hall–Kier alpha value is -3.60. The monoisotopic (exact) mass is 494 g/mol. The van der Waals surface area contributed by atoms with Crippen molar-refractivity contribution in [3.8, 4) is 0 Å². The Morgan fingerprint density at radius 3 is 2.40 bits per heavy atom. The summed E-state index contributed by atoms with van der Waals surface area (Å²) in [5.41, 5.74) is 2.61. The molecule has 3 aromatic rings. The molecule has 35 heavy (non-hydrogen) atoms. The summed E-state index contributed by atoms with van der Waals surface area (Å²) < 4.78 is 0. The average molecular weight is 495 g/mol. The number of carbonyl (C=O) groups excluding carboxylic acids is 2. The molecule has 2 aromatic heterocycles. The fraction of sp³-hybridized carbons (Fsp3) is 0.375. The highest BCUT2D eigenvalue weighted by atomic mass is 32.2. The van der Waals surface area contributed by atoms with Crippen LogP contribution < -0.4 is 15.5 Å². The third-order valence-corrected chi connectivity index (χ3v) is 6.54. The number of hydrogen-bond donors (Lipinski definition) is 3. The van der Waals surface area contributed by atoms with E-state index in [4.69, 9.17) is 9.97 Å². The molecule has 0 saturated carbocycles. The van der Waals surface area contributed by atoms with E-state index in [2.05, 4.69) is 25.7 Å². The van der Waals surface area contributed by atoms with Crippen LogP contribution in [-0.4, -0.2) is 63.1 Å². The number of carbonyl (C=O) groups is 2. The van der Waals surface area contributed by atoms with Crippen LogP contribution in [0.15, 0.2) is 40.4 Å². The number of benzene rings is 1. The van der Waals surface area contributed by atoms with Crippen LogP contribution in [0.1, 0.15) is 31.5 Å². The minimum absolute atomic E-state index is 0.109. The van der Waals surface area contributed by atoms with Gasteiger partial charge in [-0.15, -0.1) is 0 Å². The normalized spacial score (nSPS) is 13.6. The predicted molar refractivity (Wildman–Crippen MR) is 137 cm³/mol. The minimum atomic E-state index is -0.109. The van der Waals surface area contributed by atoms with Gasteiger partial charge in [0, 0.05) is 67.4 Å². The molecule has 4 rings (SSSR count). The molecule has 0 bridgehead atoms. The number of amides is 2. The highest BCUT2D eigenvalue weighted by Crippen LogP contribution is 2.33. The number of rotatable bonds is 7. The number of aryl methyl sites for hydroxylation is 1. The fourth-order valence-electron chi connectivity index (χ4n) is 3.87. The standard InChI is InChI=1S/C24H30N8O2S/c1-5-21(34)31-10-12-32(13-11-31)23-16(3)22(26-20-14-15(2)29-30-20)27-24(28-23)35-19-8-6-18(7-9-19)25-17(4)33/h6-9,14H,5,10-13H2,1-4H3,(H,25,33)(H2,26,27,28,29,30). The van der Waals surface area contributed by atoms with Crippen molar-refractivity contribution in [2.45, 2.75) is 44.2 Å². The van der Waals surface area contributed by atoms with Crippen LogP contribution in [-0.2, 0) is 9.59 Å². The lowest BCUT2D eigenvalue weighted by atomic mass is 10.2. The van der Waals surface area contributed by atoms with Crippen molar-refractivity contribution in [1.29, 1.82) is 0 Å². The van der Waals surface area contributed by atoms with E-state index in [0.717, 1.165) is 27.7 Å². The second kappa shape index (κ2) is 10.8. The van der Waals surface area contributed by atoms with Crippen molar-refractivity contribution in [2.75, 3.05) is 41.7 Å². The Kier molecular flexibility index (Phi) is 7.54. The minimum Gasteiger partial charge on any atom is -0.353 e. The van der Waals surface area contributed by atoms with E-state index in [1.807, 2.05) is 56.0 Å². The summed E-state index contributed by atoms with van der Waals surface area (Å²) >= 11 is 1.45. The van der Waals surface area contributed by atoms with Crippen LogP contribution in [0.4, 0.5) is 23.1 Å². The van der Waals surface area contributed by atoms with E-state index in [9.17, 15) is 9.59 Å².